The van der Waals surface area contributed by atoms with Crippen LogP contribution < -0.4 is 11.5 Å². The first kappa shape index (κ1) is 14.2. The van der Waals surface area contributed by atoms with Crippen molar-refractivity contribution in [3.05, 3.63) is 29.3 Å². The summed E-state index contributed by atoms with van der Waals surface area (Å²) < 4.78 is 37.9. The van der Waals surface area contributed by atoms with Crippen molar-refractivity contribution in [2.75, 3.05) is 5.73 Å². The molecule has 0 aliphatic heterocycles. The lowest BCUT2D eigenvalue weighted by Crippen LogP contribution is -2.31. The average molecular weight is 272 g/mol. The highest BCUT2D eigenvalue weighted by atomic mass is 19.4. The third-order valence-corrected chi connectivity index (χ3v) is 3.83. The minimum absolute atomic E-state index is 0.122. The highest BCUT2D eigenvalue weighted by Crippen LogP contribution is 2.39. The minimum Gasteiger partial charge on any atom is -0.398 e. The summed E-state index contributed by atoms with van der Waals surface area (Å²) in [4.78, 5) is 0. The summed E-state index contributed by atoms with van der Waals surface area (Å²) in [5.41, 5.74) is 11.4. The van der Waals surface area contributed by atoms with Crippen molar-refractivity contribution >= 4 is 5.69 Å². The summed E-state index contributed by atoms with van der Waals surface area (Å²) in [7, 11) is 0. The van der Waals surface area contributed by atoms with E-state index >= 15 is 0 Å². The van der Waals surface area contributed by atoms with E-state index in [1.165, 1.54) is 12.1 Å². The third kappa shape index (κ3) is 3.21. The first-order valence-corrected chi connectivity index (χ1v) is 6.49. The van der Waals surface area contributed by atoms with Crippen molar-refractivity contribution in [2.24, 2.45) is 11.7 Å². The van der Waals surface area contributed by atoms with Crippen molar-refractivity contribution in [3.8, 4) is 0 Å². The number of hydrogen-bond acceptors (Lipinski definition) is 2. The fourth-order valence-corrected chi connectivity index (χ4v) is 3.02. The Morgan fingerprint density at radius 3 is 2.37 bits per heavy atom. The maximum absolute atomic E-state index is 12.6. The Morgan fingerprint density at radius 2 is 1.84 bits per heavy atom. The molecule has 1 aliphatic carbocycles. The van der Waals surface area contributed by atoms with Crippen molar-refractivity contribution in [3.63, 3.8) is 0 Å². The number of anilines is 1. The molecule has 0 spiro atoms. The second-order valence-electron chi connectivity index (χ2n) is 5.61. The van der Waals surface area contributed by atoms with Gasteiger partial charge in [0.15, 0.2) is 0 Å². The third-order valence-electron chi connectivity index (χ3n) is 3.83. The zero-order valence-corrected chi connectivity index (χ0v) is 10.9. The van der Waals surface area contributed by atoms with Gasteiger partial charge >= 0.3 is 6.18 Å². The van der Waals surface area contributed by atoms with Gasteiger partial charge in [-0.05, 0) is 48.8 Å². The van der Waals surface area contributed by atoms with E-state index in [1.54, 1.807) is 0 Å². The van der Waals surface area contributed by atoms with Crippen LogP contribution in [0.3, 0.4) is 0 Å². The summed E-state index contributed by atoms with van der Waals surface area (Å²) in [5.74, 6) is 0.709. The molecule has 0 heterocycles. The molecule has 5 heteroatoms. The first-order valence-electron chi connectivity index (χ1n) is 6.49. The number of nitrogens with two attached hydrogens (primary N) is 2. The van der Waals surface area contributed by atoms with E-state index in [9.17, 15) is 13.2 Å². The van der Waals surface area contributed by atoms with Crippen molar-refractivity contribution < 1.29 is 13.2 Å². The Balaban J connectivity index is 2.25. The van der Waals surface area contributed by atoms with Crippen LogP contribution >= 0.6 is 0 Å². The molecular weight excluding hydrogens is 253 g/mol. The SMILES string of the molecule is C[C@@H]1CC(c2ccc(C(F)(F)F)c(N)c2)C[C@H](N)C1. The molecule has 3 atom stereocenters. The summed E-state index contributed by atoms with van der Waals surface area (Å²) in [5, 5.41) is 0. The normalized spacial score (nSPS) is 28.4. The maximum Gasteiger partial charge on any atom is 0.418 e. The molecule has 2 nitrogen and oxygen atoms in total. The molecule has 0 bridgehead atoms. The van der Waals surface area contributed by atoms with Gasteiger partial charge in [0, 0.05) is 11.7 Å². The summed E-state index contributed by atoms with van der Waals surface area (Å²) >= 11 is 0. The number of alkyl halides is 3. The lowest BCUT2D eigenvalue weighted by molar-refractivity contribution is -0.136. The van der Waals surface area contributed by atoms with Crippen LogP contribution in [0.5, 0.6) is 0 Å². The summed E-state index contributed by atoms with van der Waals surface area (Å²) in [6.07, 6.45) is -1.64. The zero-order chi connectivity index (χ0) is 14.2. The van der Waals surface area contributed by atoms with E-state index in [1.807, 2.05) is 0 Å². The molecule has 1 aromatic carbocycles. The van der Waals surface area contributed by atoms with Gasteiger partial charge < -0.3 is 11.5 Å². The highest BCUT2D eigenvalue weighted by molar-refractivity contribution is 5.51. The van der Waals surface area contributed by atoms with E-state index in [2.05, 4.69) is 6.92 Å². The fraction of sp³-hybridized carbons (Fsp3) is 0.571. The van der Waals surface area contributed by atoms with Crippen LogP contribution in [0.1, 0.15) is 43.2 Å². The van der Waals surface area contributed by atoms with Gasteiger partial charge in [-0.25, -0.2) is 0 Å². The van der Waals surface area contributed by atoms with Crippen LogP contribution in [0.25, 0.3) is 0 Å². The smallest absolute Gasteiger partial charge is 0.398 e. The highest BCUT2D eigenvalue weighted by Gasteiger charge is 2.33. The van der Waals surface area contributed by atoms with Crippen molar-refractivity contribution in [1.82, 2.24) is 0 Å². The van der Waals surface area contributed by atoms with E-state index in [0.717, 1.165) is 30.9 Å². The number of hydrogen-bond donors (Lipinski definition) is 2. The molecule has 106 valence electrons. The van der Waals surface area contributed by atoms with Gasteiger partial charge in [-0.1, -0.05) is 13.0 Å². The molecule has 1 saturated carbocycles. The number of rotatable bonds is 1. The van der Waals surface area contributed by atoms with Gasteiger partial charge in [0.05, 0.1) is 5.56 Å². The van der Waals surface area contributed by atoms with E-state index in [4.69, 9.17) is 11.5 Å². The zero-order valence-electron chi connectivity index (χ0n) is 10.9. The molecule has 1 aromatic rings. The molecule has 0 radical (unpaired) electrons. The molecule has 1 unspecified atom stereocenters. The lowest BCUT2D eigenvalue weighted by Gasteiger charge is -2.31. The van der Waals surface area contributed by atoms with Crippen LogP contribution in [0.2, 0.25) is 0 Å². The monoisotopic (exact) mass is 272 g/mol. The topological polar surface area (TPSA) is 52.0 Å². The van der Waals surface area contributed by atoms with E-state index < -0.39 is 11.7 Å². The van der Waals surface area contributed by atoms with E-state index in [-0.39, 0.29) is 17.6 Å². The lowest BCUT2D eigenvalue weighted by atomic mass is 9.76. The quantitative estimate of drug-likeness (QED) is 0.768. The van der Waals surface area contributed by atoms with Crippen molar-refractivity contribution in [2.45, 2.75) is 44.3 Å². The number of halogens is 3. The largest absolute Gasteiger partial charge is 0.418 e. The van der Waals surface area contributed by atoms with Gasteiger partial charge in [-0.15, -0.1) is 0 Å². The Bertz CT molecular complexity index is 446. The van der Waals surface area contributed by atoms with Crippen LogP contribution in [0.15, 0.2) is 18.2 Å². The molecule has 0 amide bonds. The van der Waals surface area contributed by atoms with Crippen LogP contribution in [-0.4, -0.2) is 6.04 Å². The van der Waals surface area contributed by atoms with Gasteiger partial charge in [-0.2, -0.15) is 13.2 Å². The van der Waals surface area contributed by atoms with Gasteiger partial charge in [0.25, 0.3) is 0 Å². The molecule has 1 aliphatic rings. The molecule has 19 heavy (non-hydrogen) atoms. The second-order valence-corrected chi connectivity index (χ2v) is 5.61. The Labute approximate surface area is 111 Å². The maximum atomic E-state index is 12.6. The van der Waals surface area contributed by atoms with Crippen molar-refractivity contribution in [1.29, 1.82) is 0 Å². The predicted molar refractivity (Wildman–Crippen MR) is 69.6 cm³/mol. The van der Waals surface area contributed by atoms with Crippen LogP contribution in [0, 0.1) is 5.92 Å². The Hall–Kier alpha value is -1.23. The molecule has 1 fully saturated rings. The average Bonchev–Trinajstić information content (AvgIpc) is 2.25. The second kappa shape index (κ2) is 5.04. The first-order chi connectivity index (χ1) is 8.77. The van der Waals surface area contributed by atoms with Gasteiger partial charge in [0.1, 0.15) is 0 Å². The predicted octanol–water partition coefficient (Wildman–Crippen LogP) is 3.52. The summed E-state index contributed by atoms with van der Waals surface area (Å²) in [6, 6.07) is 4.19. The van der Waals surface area contributed by atoms with Crippen LogP contribution in [-0.2, 0) is 6.18 Å². The number of benzene rings is 1. The number of nitrogen functional groups attached to an aromatic ring is 1. The van der Waals surface area contributed by atoms with E-state index in [0.29, 0.717) is 5.92 Å². The Morgan fingerprint density at radius 1 is 1.16 bits per heavy atom. The molecule has 0 aromatic heterocycles. The molecule has 0 saturated heterocycles. The molecule has 2 rings (SSSR count). The molecular formula is C14H19F3N2. The molecule has 4 N–H and O–H groups in total. The standard InChI is InChI=1S/C14H19F3N2/c1-8-4-10(6-11(18)5-8)9-2-3-12(13(19)7-9)14(15,16)17/h2-3,7-8,10-11H,4-6,18-19H2,1H3/t8-,10?,11-/m1/s1. The Kier molecular flexibility index (Phi) is 3.76. The van der Waals surface area contributed by atoms with Gasteiger partial charge in [-0.3, -0.25) is 0 Å². The van der Waals surface area contributed by atoms with Gasteiger partial charge in [0.2, 0.25) is 0 Å². The summed E-state index contributed by atoms with van der Waals surface area (Å²) in [6.45, 7) is 2.12. The van der Waals surface area contributed by atoms with Crippen LogP contribution in [0.4, 0.5) is 18.9 Å². The minimum atomic E-state index is -4.39. The fourth-order valence-electron chi connectivity index (χ4n) is 3.02.